The van der Waals surface area contributed by atoms with E-state index in [1.165, 1.54) is 0 Å². The van der Waals surface area contributed by atoms with E-state index in [2.05, 4.69) is 13.8 Å². The lowest BCUT2D eigenvalue weighted by Gasteiger charge is -2.29. The fourth-order valence-corrected chi connectivity index (χ4v) is 2.67. The van der Waals surface area contributed by atoms with Crippen molar-refractivity contribution in [1.82, 2.24) is 4.90 Å². The Morgan fingerprint density at radius 3 is 2.24 bits per heavy atom. The van der Waals surface area contributed by atoms with Crippen molar-refractivity contribution in [3.63, 3.8) is 0 Å². The lowest BCUT2D eigenvalue weighted by Crippen LogP contribution is -2.41. The lowest BCUT2D eigenvalue weighted by atomic mass is 10.1. The normalized spacial score (nSPS) is 11.6. The molecule has 4 nitrogen and oxygen atoms in total. The molecule has 1 aromatic carbocycles. The summed E-state index contributed by atoms with van der Waals surface area (Å²) < 4.78 is 11.2. The summed E-state index contributed by atoms with van der Waals surface area (Å²) in [7, 11) is 1.63. The predicted molar refractivity (Wildman–Crippen MR) is 104 cm³/mol. The maximum atomic E-state index is 12.4. The summed E-state index contributed by atoms with van der Waals surface area (Å²) in [5, 5.41) is 0. The molecule has 140 valence electrons. The van der Waals surface area contributed by atoms with Gasteiger partial charge in [-0.15, -0.1) is 0 Å². The van der Waals surface area contributed by atoms with Gasteiger partial charge in [-0.25, -0.2) is 0 Å². The van der Waals surface area contributed by atoms with E-state index in [9.17, 15) is 4.79 Å². The largest absolute Gasteiger partial charge is 0.493 e. The molecular formula is C21H33NO3. The summed E-state index contributed by atoms with van der Waals surface area (Å²) in [6.45, 7) is 13.1. The maximum Gasteiger partial charge on any atom is 0.247 e. The number of amides is 1. The first-order chi connectivity index (χ1) is 11.8. The summed E-state index contributed by atoms with van der Waals surface area (Å²) >= 11 is 0. The van der Waals surface area contributed by atoms with E-state index < -0.39 is 0 Å². The zero-order chi connectivity index (χ0) is 19.0. The zero-order valence-electron chi connectivity index (χ0n) is 16.7. The quantitative estimate of drug-likeness (QED) is 0.604. The van der Waals surface area contributed by atoms with Crippen LogP contribution in [0.5, 0.6) is 11.5 Å². The van der Waals surface area contributed by atoms with Gasteiger partial charge in [0.05, 0.1) is 13.7 Å². The monoisotopic (exact) mass is 347 g/mol. The van der Waals surface area contributed by atoms with E-state index in [0.717, 1.165) is 17.7 Å². The molecule has 0 aliphatic heterocycles. The van der Waals surface area contributed by atoms with Crippen LogP contribution in [0.3, 0.4) is 0 Å². The van der Waals surface area contributed by atoms with Gasteiger partial charge >= 0.3 is 0 Å². The fourth-order valence-electron chi connectivity index (χ4n) is 2.67. The van der Waals surface area contributed by atoms with Crippen LogP contribution in [0.1, 0.15) is 53.5 Å². The Morgan fingerprint density at radius 1 is 1.08 bits per heavy atom. The SMILES string of the molecule is COc1cc(/C=C/C(=O)N(C(C)C)C(C)C)ccc1OCCC(C)C. The average molecular weight is 347 g/mol. The second kappa shape index (κ2) is 10.1. The summed E-state index contributed by atoms with van der Waals surface area (Å²) in [6.07, 6.45) is 4.44. The summed E-state index contributed by atoms with van der Waals surface area (Å²) in [5.41, 5.74) is 0.911. The van der Waals surface area contributed by atoms with Gasteiger partial charge in [0.25, 0.3) is 0 Å². The molecule has 0 bridgehead atoms. The average Bonchev–Trinajstić information content (AvgIpc) is 2.52. The number of methoxy groups -OCH3 is 1. The van der Waals surface area contributed by atoms with Crippen molar-refractivity contribution >= 4 is 12.0 Å². The van der Waals surface area contributed by atoms with Gasteiger partial charge in [0.15, 0.2) is 11.5 Å². The number of hydrogen-bond acceptors (Lipinski definition) is 3. The van der Waals surface area contributed by atoms with Crippen LogP contribution in [0.15, 0.2) is 24.3 Å². The van der Waals surface area contributed by atoms with Crippen molar-refractivity contribution in [2.24, 2.45) is 5.92 Å². The molecule has 0 heterocycles. The van der Waals surface area contributed by atoms with Gasteiger partial charge in [0.2, 0.25) is 5.91 Å². The minimum absolute atomic E-state index is 0.0150. The minimum atomic E-state index is 0.0150. The molecule has 0 radical (unpaired) electrons. The molecule has 25 heavy (non-hydrogen) atoms. The highest BCUT2D eigenvalue weighted by Crippen LogP contribution is 2.29. The van der Waals surface area contributed by atoms with Crippen LogP contribution in [0.25, 0.3) is 6.08 Å². The third kappa shape index (κ3) is 6.81. The number of benzene rings is 1. The van der Waals surface area contributed by atoms with Crippen LogP contribution >= 0.6 is 0 Å². The van der Waals surface area contributed by atoms with Gasteiger partial charge in [0.1, 0.15) is 0 Å². The van der Waals surface area contributed by atoms with E-state index in [1.54, 1.807) is 13.2 Å². The van der Waals surface area contributed by atoms with E-state index in [1.807, 2.05) is 56.9 Å². The predicted octanol–water partition coefficient (Wildman–Crippen LogP) is 4.78. The number of nitrogens with zero attached hydrogens (tertiary/aromatic N) is 1. The molecule has 1 aromatic rings. The Balaban J connectivity index is 2.84. The van der Waals surface area contributed by atoms with Crippen LogP contribution in [-0.2, 0) is 4.79 Å². The number of carbonyl (C=O) groups is 1. The summed E-state index contributed by atoms with van der Waals surface area (Å²) in [5.74, 6) is 2.03. The lowest BCUT2D eigenvalue weighted by molar-refractivity contribution is -0.129. The molecule has 0 spiro atoms. The van der Waals surface area contributed by atoms with Gasteiger partial charge in [-0.1, -0.05) is 19.9 Å². The first-order valence-electron chi connectivity index (χ1n) is 9.07. The van der Waals surface area contributed by atoms with Crippen molar-refractivity contribution < 1.29 is 14.3 Å². The van der Waals surface area contributed by atoms with Crippen LogP contribution < -0.4 is 9.47 Å². The molecular weight excluding hydrogens is 314 g/mol. The first-order valence-corrected chi connectivity index (χ1v) is 9.07. The highest BCUT2D eigenvalue weighted by atomic mass is 16.5. The Kier molecular flexibility index (Phi) is 8.53. The molecule has 1 rings (SSSR count). The Bertz CT molecular complexity index is 569. The Hall–Kier alpha value is -1.97. The number of carbonyl (C=O) groups excluding carboxylic acids is 1. The molecule has 0 aromatic heterocycles. The van der Waals surface area contributed by atoms with E-state index in [-0.39, 0.29) is 18.0 Å². The van der Waals surface area contributed by atoms with Gasteiger partial charge in [-0.3, -0.25) is 4.79 Å². The van der Waals surface area contributed by atoms with Gasteiger partial charge in [0, 0.05) is 18.2 Å². The van der Waals surface area contributed by atoms with E-state index in [4.69, 9.17) is 9.47 Å². The van der Waals surface area contributed by atoms with Gasteiger partial charge in [-0.05, 0) is 63.8 Å². The molecule has 0 aliphatic rings. The van der Waals surface area contributed by atoms with Crippen molar-refractivity contribution in [1.29, 1.82) is 0 Å². The molecule has 0 unspecified atom stereocenters. The maximum absolute atomic E-state index is 12.4. The molecule has 0 fully saturated rings. The van der Waals surface area contributed by atoms with Crippen LogP contribution in [0.2, 0.25) is 0 Å². The van der Waals surface area contributed by atoms with Crippen molar-refractivity contribution in [3.05, 3.63) is 29.8 Å². The standard InChI is InChI=1S/C21H33NO3/c1-15(2)12-13-25-19-10-8-18(14-20(19)24-7)9-11-21(23)22(16(3)4)17(5)6/h8-11,14-17H,12-13H2,1-7H3/b11-9+. The molecule has 4 heteroatoms. The number of rotatable bonds is 9. The minimum Gasteiger partial charge on any atom is -0.493 e. The van der Waals surface area contributed by atoms with Crippen molar-refractivity contribution in [2.75, 3.05) is 13.7 Å². The molecule has 0 atom stereocenters. The Morgan fingerprint density at radius 2 is 1.72 bits per heavy atom. The topological polar surface area (TPSA) is 38.8 Å². The van der Waals surface area contributed by atoms with E-state index in [0.29, 0.717) is 18.3 Å². The second-order valence-electron chi connectivity index (χ2n) is 7.21. The Labute approximate surface area is 152 Å². The third-order valence-electron chi connectivity index (χ3n) is 3.93. The van der Waals surface area contributed by atoms with Crippen molar-refractivity contribution in [2.45, 2.75) is 60.0 Å². The summed E-state index contributed by atoms with van der Waals surface area (Å²) in [6, 6.07) is 6.06. The molecule has 1 amide bonds. The van der Waals surface area contributed by atoms with Crippen LogP contribution in [0.4, 0.5) is 0 Å². The van der Waals surface area contributed by atoms with Gasteiger partial charge in [-0.2, -0.15) is 0 Å². The first kappa shape index (κ1) is 21.1. The van der Waals surface area contributed by atoms with Gasteiger partial charge < -0.3 is 14.4 Å². The van der Waals surface area contributed by atoms with Crippen LogP contribution in [0, 0.1) is 5.92 Å². The number of ether oxygens (including phenoxy) is 2. The molecule has 0 saturated carbocycles. The molecule has 0 saturated heterocycles. The summed E-state index contributed by atoms with van der Waals surface area (Å²) in [4.78, 5) is 14.3. The highest BCUT2D eigenvalue weighted by Gasteiger charge is 2.17. The third-order valence-corrected chi connectivity index (χ3v) is 3.93. The number of hydrogen-bond donors (Lipinski definition) is 0. The van der Waals surface area contributed by atoms with Crippen LogP contribution in [-0.4, -0.2) is 36.6 Å². The smallest absolute Gasteiger partial charge is 0.247 e. The molecule has 0 N–H and O–H groups in total. The molecule has 0 aliphatic carbocycles. The zero-order valence-corrected chi connectivity index (χ0v) is 16.7. The van der Waals surface area contributed by atoms with Crippen molar-refractivity contribution in [3.8, 4) is 11.5 Å². The second-order valence-corrected chi connectivity index (χ2v) is 7.21. The van der Waals surface area contributed by atoms with E-state index >= 15 is 0 Å². The fraction of sp³-hybridized carbons (Fsp3) is 0.571. The highest BCUT2D eigenvalue weighted by molar-refractivity contribution is 5.92.